The van der Waals surface area contributed by atoms with E-state index in [-0.39, 0.29) is 12.6 Å². The lowest BCUT2D eigenvalue weighted by atomic mass is 9.97. The lowest BCUT2D eigenvalue weighted by Crippen LogP contribution is -2.40. The van der Waals surface area contributed by atoms with Crippen LogP contribution in [-0.2, 0) is 6.54 Å². The number of aromatic nitrogens is 3. The van der Waals surface area contributed by atoms with E-state index in [9.17, 15) is 5.11 Å². The maximum Gasteiger partial charge on any atom is 0.116 e. The average molecular weight is 290 g/mol. The Bertz CT molecular complexity index is 645. The number of aliphatic hydroxyl groups excluding tert-OH is 1. The van der Waals surface area contributed by atoms with Crippen molar-refractivity contribution in [3.63, 3.8) is 0 Å². The van der Waals surface area contributed by atoms with E-state index in [4.69, 9.17) is 0 Å². The fraction of sp³-hybridized carbons (Fsp3) is 0.625. The van der Waals surface area contributed by atoms with Gasteiger partial charge >= 0.3 is 0 Å². The minimum absolute atomic E-state index is 0.0174. The first kappa shape index (κ1) is 15.9. The molecule has 0 saturated carbocycles. The maximum absolute atomic E-state index is 9.54. The second kappa shape index (κ2) is 6.12. The third kappa shape index (κ3) is 2.94. The summed E-state index contributed by atoms with van der Waals surface area (Å²) >= 11 is 0. The minimum Gasteiger partial charge on any atom is -0.395 e. The highest BCUT2D eigenvalue weighted by Gasteiger charge is 2.18. The van der Waals surface area contributed by atoms with Gasteiger partial charge in [-0.1, -0.05) is 19.1 Å². The Kier molecular flexibility index (Phi) is 4.64. The summed E-state index contributed by atoms with van der Waals surface area (Å²) in [6.07, 6.45) is 0. The molecular weight excluding hydrogens is 264 g/mol. The summed E-state index contributed by atoms with van der Waals surface area (Å²) in [6, 6.07) is 0.306. The van der Waals surface area contributed by atoms with Gasteiger partial charge in [0.25, 0.3) is 0 Å². The van der Waals surface area contributed by atoms with Gasteiger partial charge in [0.15, 0.2) is 0 Å². The first-order valence-electron chi connectivity index (χ1n) is 7.53. The smallest absolute Gasteiger partial charge is 0.116 e. The highest BCUT2D eigenvalue weighted by molar-refractivity contribution is 5.84. The van der Waals surface area contributed by atoms with E-state index in [1.54, 1.807) is 0 Å². The molecule has 2 aromatic rings. The molecule has 1 aromatic heterocycles. The summed E-state index contributed by atoms with van der Waals surface area (Å²) in [5.41, 5.74) is 7.04. The van der Waals surface area contributed by atoms with Crippen molar-refractivity contribution in [1.82, 2.24) is 20.3 Å². The zero-order valence-corrected chi connectivity index (χ0v) is 13.9. The molecule has 1 aromatic carbocycles. The van der Waals surface area contributed by atoms with Crippen molar-refractivity contribution in [2.45, 2.75) is 60.2 Å². The molecule has 5 nitrogen and oxygen atoms in total. The molecule has 0 spiro atoms. The molecule has 0 aliphatic rings. The summed E-state index contributed by atoms with van der Waals surface area (Å²) < 4.78 is 1.92. The molecule has 0 aliphatic heterocycles. The van der Waals surface area contributed by atoms with Crippen LogP contribution in [0.2, 0.25) is 0 Å². The summed E-state index contributed by atoms with van der Waals surface area (Å²) in [4.78, 5) is 0. The van der Waals surface area contributed by atoms with Crippen LogP contribution in [-0.4, -0.2) is 38.8 Å². The fourth-order valence-electron chi connectivity index (χ4n) is 2.83. The van der Waals surface area contributed by atoms with Crippen molar-refractivity contribution < 1.29 is 5.11 Å². The molecule has 0 fully saturated rings. The van der Waals surface area contributed by atoms with E-state index in [1.807, 2.05) is 4.68 Å². The Morgan fingerprint density at radius 2 is 1.67 bits per heavy atom. The average Bonchev–Trinajstić information content (AvgIpc) is 2.85. The van der Waals surface area contributed by atoms with E-state index in [0.717, 1.165) is 11.0 Å². The van der Waals surface area contributed by atoms with E-state index >= 15 is 0 Å². The molecule has 1 unspecified atom stereocenters. The Hall–Kier alpha value is -1.46. The number of hydrogen-bond acceptors (Lipinski definition) is 4. The molecule has 116 valence electrons. The van der Waals surface area contributed by atoms with Gasteiger partial charge < -0.3 is 10.4 Å². The first-order chi connectivity index (χ1) is 9.86. The number of nitrogens with one attached hydrogen (secondary N) is 1. The molecule has 0 amide bonds. The van der Waals surface area contributed by atoms with Crippen LogP contribution >= 0.6 is 0 Å². The summed E-state index contributed by atoms with van der Waals surface area (Å²) in [5, 5.41) is 21.6. The second-order valence-electron chi connectivity index (χ2n) is 6.17. The highest BCUT2D eigenvalue weighted by atomic mass is 16.3. The minimum atomic E-state index is -0.0174. The van der Waals surface area contributed by atoms with Gasteiger partial charge in [-0.3, -0.25) is 0 Å². The summed E-state index contributed by atoms with van der Waals surface area (Å²) in [5.74, 6) is 0. The number of nitrogens with zero attached hydrogens (tertiary/aromatic N) is 3. The van der Waals surface area contributed by atoms with Crippen LogP contribution in [0, 0.1) is 27.7 Å². The lowest BCUT2D eigenvalue weighted by Gasteiger charge is -2.20. The first-order valence-corrected chi connectivity index (χ1v) is 7.53. The monoisotopic (exact) mass is 290 g/mol. The van der Waals surface area contributed by atoms with Crippen LogP contribution < -0.4 is 5.32 Å². The van der Waals surface area contributed by atoms with Gasteiger partial charge in [-0.2, -0.15) is 0 Å². The number of benzene rings is 1. The van der Waals surface area contributed by atoms with Gasteiger partial charge in [0, 0.05) is 6.04 Å². The van der Waals surface area contributed by atoms with E-state index < -0.39 is 0 Å². The zero-order valence-electron chi connectivity index (χ0n) is 13.9. The molecule has 1 heterocycles. The van der Waals surface area contributed by atoms with Crippen LogP contribution in [0.4, 0.5) is 0 Å². The van der Waals surface area contributed by atoms with Gasteiger partial charge in [-0.05, 0) is 49.9 Å². The van der Waals surface area contributed by atoms with Gasteiger partial charge in [0.05, 0.1) is 24.7 Å². The lowest BCUT2D eigenvalue weighted by molar-refractivity contribution is 0.218. The molecule has 21 heavy (non-hydrogen) atoms. The Morgan fingerprint density at radius 3 is 2.24 bits per heavy atom. The van der Waals surface area contributed by atoms with Gasteiger partial charge in [0.1, 0.15) is 5.52 Å². The fourth-order valence-corrected chi connectivity index (χ4v) is 2.83. The van der Waals surface area contributed by atoms with E-state index in [1.165, 1.54) is 22.3 Å². The van der Waals surface area contributed by atoms with Crippen LogP contribution in [0.3, 0.4) is 0 Å². The number of hydrogen-bond donors (Lipinski definition) is 2. The molecule has 2 rings (SSSR count). The molecule has 0 saturated heterocycles. The molecule has 0 radical (unpaired) electrons. The van der Waals surface area contributed by atoms with Crippen molar-refractivity contribution in [2.24, 2.45) is 0 Å². The van der Waals surface area contributed by atoms with Crippen molar-refractivity contribution in [3.05, 3.63) is 22.3 Å². The molecule has 1 atom stereocenters. The standard InChI is InChI=1S/C16H26N4O/c1-9(2)17-14(8-21)7-20-16-13(6)11(4)10(3)12(5)15(16)18-19-20/h9,14,17,21H,7-8H2,1-6H3. The predicted molar refractivity (Wildman–Crippen MR) is 85.6 cm³/mol. The molecule has 2 N–H and O–H groups in total. The highest BCUT2D eigenvalue weighted by Crippen LogP contribution is 2.27. The van der Waals surface area contributed by atoms with E-state index in [0.29, 0.717) is 12.6 Å². The van der Waals surface area contributed by atoms with Crippen molar-refractivity contribution >= 4 is 11.0 Å². The van der Waals surface area contributed by atoms with Crippen LogP contribution in [0.1, 0.15) is 36.1 Å². The Labute approximate surface area is 126 Å². The zero-order chi connectivity index (χ0) is 15.7. The van der Waals surface area contributed by atoms with Gasteiger partial charge in [0.2, 0.25) is 0 Å². The Morgan fingerprint density at radius 1 is 1.05 bits per heavy atom. The number of fused-ring (bicyclic) bond motifs is 1. The maximum atomic E-state index is 9.54. The molecular formula is C16H26N4O. The summed E-state index contributed by atoms with van der Waals surface area (Å²) in [7, 11) is 0. The van der Waals surface area contributed by atoms with Crippen LogP contribution in [0.15, 0.2) is 0 Å². The number of aliphatic hydroxyl groups is 1. The topological polar surface area (TPSA) is 63.0 Å². The summed E-state index contributed by atoms with van der Waals surface area (Å²) in [6.45, 7) is 13.3. The third-order valence-electron chi connectivity index (χ3n) is 4.32. The quantitative estimate of drug-likeness (QED) is 0.884. The van der Waals surface area contributed by atoms with Crippen molar-refractivity contribution in [3.8, 4) is 0 Å². The normalized spacial score (nSPS) is 13.3. The predicted octanol–water partition coefficient (Wildman–Crippen LogP) is 2.02. The molecule has 5 heteroatoms. The largest absolute Gasteiger partial charge is 0.395 e. The van der Waals surface area contributed by atoms with Crippen LogP contribution in [0.25, 0.3) is 11.0 Å². The number of aryl methyl sites for hydroxylation is 2. The van der Waals surface area contributed by atoms with E-state index in [2.05, 4.69) is 57.2 Å². The third-order valence-corrected chi connectivity index (χ3v) is 4.32. The van der Waals surface area contributed by atoms with Crippen molar-refractivity contribution in [2.75, 3.05) is 6.61 Å². The molecule has 0 aliphatic carbocycles. The second-order valence-corrected chi connectivity index (χ2v) is 6.17. The molecule has 0 bridgehead atoms. The SMILES string of the molecule is Cc1c(C)c(C)c2c(nnn2CC(CO)NC(C)C)c1C. The Balaban J connectivity index is 2.47. The van der Waals surface area contributed by atoms with Gasteiger partial charge in [-0.25, -0.2) is 4.68 Å². The van der Waals surface area contributed by atoms with Gasteiger partial charge in [-0.15, -0.1) is 5.10 Å². The number of rotatable bonds is 5. The van der Waals surface area contributed by atoms with Crippen LogP contribution in [0.5, 0.6) is 0 Å². The van der Waals surface area contributed by atoms with Crippen molar-refractivity contribution in [1.29, 1.82) is 0 Å².